The molecule has 17 heavy (non-hydrogen) atoms. The smallest absolute Gasteiger partial charge is 0.252 e. The standard InChI is InChI=1S/C13H17BrN2O/c1-2-5-13(6-7-13)9-16-12(17)10-3-4-11(14)15-8-10/h3-4,8H,2,5-7,9H2,1H3,(H,16,17). The molecule has 1 saturated carbocycles. The Hall–Kier alpha value is -0.900. The molecule has 2 rings (SSSR count). The van der Waals surface area contributed by atoms with Gasteiger partial charge >= 0.3 is 0 Å². The summed E-state index contributed by atoms with van der Waals surface area (Å²) in [6.07, 6.45) is 6.50. The number of pyridine rings is 1. The monoisotopic (exact) mass is 296 g/mol. The Morgan fingerprint density at radius 1 is 1.53 bits per heavy atom. The van der Waals surface area contributed by atoms with Gasteiger partial charge in [0.05, 0.1) is 5.56 Å². The van der Waals surface area contributed by atoms with E-state index in [1.807, 2.05) is 0 Å². The molecule has 1 N–H and O–H groups in total. The lowest BCUT2D eigenvalue weighted by Gasteiger charge is -2.14. The summed E-state index contributed by atoms with van der Waals surface area (Å²) in [5.41, 5.74) is 1.02. The highest BCUT2D eigenvalue weighted by Crippen LogP contribution is 2.48. The highest BCUT2D eigenvalue weighted by molar-refractivity contribution is 9.10. The van der Waals surface area contributed by atoms with Crippen LogP contribution in [-0.4, -0.2) is 17.4 Å². The molecular formula is C13H17BrN2O. The summed E-state index contributed by atoms with van der Waals surface area (Å²) in [7, 11) is 0. The van der Waals surface area contributed by atoms with Gasteiger partial charge in [-0.05, 0) is 52.7 Å². The molecule has 4 heteroatoms. The Bertz CT molecular complexity index is 398. The molecule has 0 unspecified atom stereocenters. The first-order valence-electron chi connectivity index (χ1n) is 6.05. The molecule has 0 aliphatic heterocycles. The van der Waals surface area contributed by atoms with Crippen LogP contribution >= 0.6 is 15.9 Å². The molecule has 1 heterocycles. The molecule has 1 aromatic rings. The second-order valence-electron chi connectivity index (χ2n) is 4.80. The zero-order valence-electron chi connectivity index (χ0n) is 10.0. The van der Waals surface area contributed by atoms with Crippen LogP contribution in [0.4, 0.5) is 0 Å². The Morgan fingerprint density at radius 2 is 2.29 bits per heavy atom. The van der Waals surface area contributed by atoms with E-state index in [1.165, 1.54) is 25.7 Å². The first-order valence-corrected chi connectivity index (χ1v) is 6.84. The first-order chi connectivity index (χ1) is 8.15. The average Bonchev–Trinajstić information content (AvgIpc) is 3.08. The number of hydrogen-bond acceptors (Lipinski definition) is 2. The summed E-state index contributed by atoms with van der Waals surface area (Å²) in [6.45, 7) is 3.00. The SMILES string of the molecule is CCCC1(CNC(=O)c2ccc(Br)nc2)CC1. The summed E-state index contributed by atoms with van der Waals surface area (Å²) in [5.74, 6) is -0.0209. The third-order valence-corrected chi connectivity index (χ3v) is 3.82. The average molecular weight is 297 g/mol. The van der Waals surface area contributed by atoms with Gasteiger partial charge in [0.1, 0.15) is 4.60 Å². The zero-order chi connectivity index (χ0) is 12.3. The predicted molar refractivity (Wildman–Crippen MR) is 70.8 cm³/mol. The van der Waals surface area contributed by atoms with E-state index < -0.39 is 0 Å². The van der Waals surface area contributed by atoms with Crippen LogP contribution in [0.1, 0.15) is 43.0 Å². The highest BCUT2D eigenvalue weighted by atomic mass is 79.9. The Balaban J connectivity index is 1.87. The minimum atomic E-state index is -0.0209. The maximum Gasteiger partial charge on any atom is 0.252 e. The number of halogens is 1. The van der Waals surface area contributed by atoms with Gasteiger partial charge in [-0.2, -0.15) is 0 Å². The molecule has 0 atom stereocenters. The van der Waals surface area contributed by atoms with Crippen LogP contribution in [0.2, 0.25) is 0 Å². The van der Waals surface area contributed by atoms with Crippen molar-refractivity contribution in [3.8, 4) is 0 Å². The van der Waals surface area contributed by atoms with Gasteiger partial charge in [0.15, 0.2) is 0 Å². The molecule has 0 saturated heterocycles. The van der Waals surface area contributed by atoms with E-state index in [9.17, 15) is 4.79 Å². The Morgan fingerprint density at radius 3 is 2.82 bits per heavy atom. The number of carbonyl (C=O) groups is 1. The Labute approximate surface area is 110 Å². The number of hydrogen-bond donors (Lipinski definition) is 1. The van der Waals surface area contributed by atoms with Crippen LogP contribution < -0.4 is 5.32 Å². The summed E-state index contributed by atoms with van der Waals surface area (Å²) in [4.78, 5) is 15.9. The van der Waals surface area contributed by atoms with Crippen LogP contribution in [0.5, 0.6) is 0 Å². The Kier molecular flexibility index (Phi) is 3.82. The van der Waals surface area contributed by atoms with E-state index in [2.05, 4.69) is 33.2 Å². The molecule has 1 aromatic heterocycles. The molecule has 0 bridgehead atoms. The van der Waals surface area contributed by atoms with Crippen molar-refractivity contribution in [1.82, 2.24) is 10.3 Å². The summed E-state index contributed by atoms with van der Waals surface area (Å²) >= 11 is 3.25. The number of carbonyl (C=O) groups excluding carboxylic acids is 1. The fraction of sp³-hybridized carbons (Fsp3) is 0.538. The minimum Gasteiger partial charge on any atom is -0.351 e. The number of aromatic nitrogens is 1. The van der Waals surface area contributed by atoms with Crippen molar-refractivity contribution in [1.29, 1.82) is 0 Å². The van der Waals surface area contributed by atoms with Gasteiger partial charge in [0.25, 0.3) is 5.91 Å². The summed E-state index contributed by atoms with van der Waals surface area (Å²) in [6, 6.07) is 3.57. The number of nitrogens with one attached hydrogen (secondary N) is 1. The van der Waals surface area contributed by atoms with Gasteiger partial charge in [-0.25, -0.2) is 4.98 Å². The van der Waals surface area contributed by atoms with Crippen molar-refractivity contribution in [2.45, 2.75) is 32.6 Å². The molecule has 1 amide bonds. The van der Waals surface area contributed by atoms with Gasteiger partial charge in [-0.3, -0.25) is 4.79 Å². The fourth-order valence-corrected chi connectivity index (χ4v) is 2.34. The van der Waals surface area contributed by atoms with Gasteiger partial charge in [0.2, 0.25) is 0 Å². The molecule has 0 radical (unpaired) electrons. The van der Waals surface area contributed by atoms with E-state index in [0.29, 0.717) is 11.0 Å². The predicted octanol–water partition coefficient (Wildman–Crippen LogP) is 3.15. The molecule has 1 aliphatic carbocycles. The van der Waals surface area contributed by atoms with Crippen LogP contribution in [0, 0.1) is 5.41 Å². The first kappa shape index (κ1) is 12.6. The molecule has 1 aliphatic rings. The normalized spacial score (nSPS) is 16.6. The van der Waals surface area contributed by atoms with E-state index in [4.69, 9.17) is 0 Å². The summed E-state index contributed by atoms with van der Waals surface area (Å²) in [5, 5.41) is 3.01. The van der Waals surface area contributed by atoms with E-state index in [1.54, 1.807) is 18.3 Å². The van der Waals surface area contributed by atoms with Crippen molar-refractivity contribution < 1.29 is 4.79 Å². The van der Waals surface area contributed by atoms with Crippen molar-refractivity contribution in [2.24, 2.45) is 5.41 Å². The zero-order valence-corrected chi connectivity index (χ0v) is 11.6. The van der Waals surface area contributed by atoms with Crippen molar-refractivity contribution in [2.75, 3.05) is 6.54 Å². The second kappa shape index (κ2) is 5.17. The third kappa shape index (κ3) is 3.28. The molecular weight excluding hydrogens is 280 g/mol. The second-order valence-corrected chi connectivity index (χ2v) is 5.61. The molecule has 0 spiro atoms. The van der Waals surface area contributed by atoms with Crippen LogP contribution in [0.3, 0.4) is 0 Å². The highest BCUT2D eigenvalue weighted by Gasteiger charge is 2.41. The topological polar surface area (TPSA) is 42.0 Å². The number of nitrogens with zero attached hydrogens (tertiary/aromatic N) is 1. The van der Waals surface area contributed by atoms with Crippen molar-refractivity contribution in [3.63, 3.8) is 0 Å². The summed E-state index contributed by atoms with van der Waals surface area (Å²) < 4.78 is 0.749. The van der Waals surface area contributed by atoms with Gasteiger partial charge < -0.3 is 5.32 Å². The van der Waals surface area contributed by atoms with Crippen molar-refractivity contribution in [3.05, 3.63) is 28.5 Å². The molecule has 3 nitrogen and oxygen atoms in total. The van der Waals surface area contributed by atoms with Gasteiger partial charge in [0, 0.05) is 12.7 Å². The van der Waals surface area contributed by atoms with Crippen LogP contribution in [0.25, 0.3) is 0 Å². The van der Waals surface area contributed by atoms with Crippen molar-refractivity contribution >= 4 is 21.8 Å². The number of rotatable bonds is 5. The van der Waals surface area contributed by atoms with Gasteiger partial charge in [-0.15, -0.1) is 0 Å². The molecule has 92 valence electrons. The maximum absolute atomic E-state index is 11.9. The van der Waals surface area contributed by atoms with E-state index in [-0.39, 0.29) is 5.91 Å². The lowest BCUT2D eigenvalue weighted by molar-refractivity contribution is 0.0943. The van der Waals surface area contributed by atoms with Gasteiger partial charge in [-0.1, -0.05) is 13.3 Å². The van der Waals surface area contributed by atoms with E-state index >= 15 is 0 Å². The minimum absolute atomic E-state index is 0.0209. The van der Waals surface area contributed by atoms with Crippen LogP contribution in [-0.2, 0) is 0 Å². The quantitative estimate of drug-likeness (QED) is 0.848. The van der Waals surface area contributed by atoms with Crippen LogP contribution in [0.15, 0.2) is 22.9 Å². The van der Waals surface area contributed by atoms with E-state index in [0.717, 1.165) is 11.1 Å². The molecule has 1 fully saturated rings. The molecule has 0 aromatic carbocycles. The lowest BCUT2D eigenvalue weighted by Crippen LogP contribution is -2.30. The fourth-order valence-electron chi connectivity index (χ4n) is 2.10. The third-order valence-electron chi connectivity index (χ3n) is 3.35. The number of amides is 1. The maximum atomic E-state index is 11.9. The lowest BCUT2D eigenvalue weighted by atomic mass is 10.0. The largest absolute Gasteiger partial charge is 0.351 e.